The highest BCUT2D eigenvalue weighted by molar-refractivity contribution is 5.03. The average Bonchev–Trinajstić information content (AvgIpc) is 2.65. The molecule has 1 aromatic heterocycles. The number of aliphatic hydroxyl groups excluding tert-OH is 2. The van der Waals surface area contributed by atoms with Crippen LogP contribution >= 0.6 is 0 Å². The van der Waals surface area contributed by atoms with Crippen LogP contribution in [0.4, 0.5) is 0 Å². The number of nitrogens with zero attached hydrogens (tertiary/aromatic N) is 2. The number of aliphatic hydroxyl groups is 2. The summed E-state index contributed by atoms with van der Waals surface area (Å²) in [6.07, 6.45) is 4.20. The SMILES string of the molecule is CC(C)CC(O)CNCc1cnn(CCO)c1. The Hall–Kier alpha value is -0.910. The molecule has 0 fully saturated rings. The van der Waals surface area contributed by atoms with Crippen LogP contribution in [0.5, 0.6) is 0 Å². The summed E-state index contributed by atoms with van der Waals surface area (Å²) in [5.74, 6) is 0.513. The van der Waals surface area contributed by atoms with Crippen molar-refractivity contribution in [3.63, 3.8) is 0 Å². The molecule has 0 aliphatic carbocycles. The van der Waals surface area contributed by atoms with Crippen LogP contribution in [-0.4, -0.2) is 39.2 Å². The third kappa shape index (κ3) is 5.81. The van der Waals surface area contributed by atoms with Crippen molar-refractivity contribution in [2.45, 2.75) is 39.5 Å². The van der Waals surface area contributed by atoms with E-state index in [0.717, 1.165) is 12.0 Å². The van der Waals surface area contributed by atoms with Gasteiger partial charge in [-0.15, -0.1) is 0 Å². The van der Waals surface area contributed by atoms with Gasteiger partial charge in [-0.05, 0) is 12.3 Å². The second-order valence-corrected chi connectivity index (χ2v) is 4.75. The molecule has 17 heavy (non-hydrogen) atoms. The number of hydrogen-bond donors (Lipinski definition) is 3. The van der Waals surface area contributed by atoms with Gasteiger partial charge < -0.3 is 15.5 Å². The minimum absolute atomic E-state index is 0.0989. The lowest BCUT2D eigenvalue weighted by molar-refractivity contribution is 0.146. The molecule has 0 bridgehead atoms. The minimum Gasteiger partial charge on any atom is -0.394 e. The zero-order valence-electron chi connectivity index (χ0n) is 10.6. The largest absolute Gasteiger partial charge is 0.394 e. The highest BCUT2D eigenvalue weighted by Crippen LogP contribution is 2.04. The zero-order chi connectivity index (χ0) is 12.7. The number of rotatable bonds is 8. The quantitative estimate of drug-likeness (QED) is 0.615. The topological polar surface area (TPSA) is 70.3 Å². The number of nitrogens with one attached hydrogen (secondary N) is 1. The molecular weight excluding hydrogens is 218 g/mol. The summed E-state index contributed by atoms with van der Waals surface area (Å²) in [5.41, 5.74) is 1.06. The fourth-order valence-electron chi connectivity index (χ4n) is 1.73. The standard InChI is InChI=1S/C12H23N3O2/c1-10(2)5-12(17)8-13-6-11-7-14-15(9-11)3-4-16/h7,9-10,12-13,16-17H,3-6,8H2,1-2H3. The first-order valence-electron chi connectivity index (χ1n) is 6.12. The van der Waals surface area contributed by atoms with Gasteiger partial charge in [0.1, 0.15) is 0 Å². The molecule has 0 aliphatic rings. The Morgan fingerprint density at radius 1 is 1.47 bits per heavy atom. The zero-order valence-corrected chi connectivity index (χ0v) is 10.6. The molecule has 5 heteroatoms. The Morgan fingerprint density at radius 3 is 2.88 bits per heavy atom. The molecule has 3 N–H and O–H groups in total. The van der Waals surface area contributed by atoms with Gasteiger partial charge in [0.15, 0.2) is 0 Å². The van der Waals surface area contributed by atoms with E-state index in [1.165, 1.54) is 0 Å². The monoisotopic (exact) mass is 241 g/mol. The highest BCUT2D eigenvalue weighted by atomic mass is 16.3. The summed E-state index contributed by atoms with van der Waals surface area (Å²) in [6, 6.07) is 0. The van der Waals surface area contributed by atoms with Gasteiger partial charge in [0.05, 0.1) is 25.5 Å². The van der Waals surface area contributed by atoms with Crippen LogP contribution in [0.1, 0.15) is 25.8 Å². The van der Waals surface area contributed by atoms with Gasteiger partial charge in [0, 0.05) is 24.8 Å². The van der Waals surface area contributed by atoms with Crippen LogP contribution in [0.15, 0.2) is 12.4 Å². The first-order valence-corrected chi connectivity index (χ1v) is 6.12. The molecule has 5 nitrogen and oxygen atoms in total. The van der Waals surface area contributed by atoms with E-state index in [9.17, 15) is 5.11 Å². The summed E-state index contributed by atoms with van der Waals surface area (Å²) in [4.78, 5) is 0. The smallest absolute Gasteiger partial charge is 0.0667 e. The van der Waals surface area contributed by atoms with Crippen molar-refractivity contribution >= 4 is 0 Å². The highest BCUT2D eigenvalue weighted by Gasteiger charge is 2.06. The molecule has 1 rings (SSSR count). The van der Waals surface area contributed by atoms with Crippen molar-refractivity contribution in [1.82, 2.24) is 15.1 Å². The van der Waals surface area contributed by atoms with E-state index in [4.69, 9.17) is 5.11 Å². The lowest BCUT2D eigenvalue weighted by atomic mass is 10.1. The first kappa shape index (κ1) is 14.2. The van der Waals surface area contributed by atoms with E-state index in [1.807, 2.05) is 6.20 Å². The summed E-state index contributed by atoms with van der Waals surface area (Å²) in [6.45, 7) is 6.12. The molecular formula is C12H23N3O2. The van der Waals surface area contributed by atoms with E-state index in [1.54, 1.807) is 10.9 Å². The van der Waals surface area contributed by atoms with Gasteiger partial charge in [-0.1, -0.05) is 13.8 Å². The molecule has 0 aliphatic heterocycles. The van der Waals surface area contributed by atoms with Crippen LogP contribution in [0.3, 0.4) is 0 Å². The van der Waals surface area contributed by atoms with Crippen LogP contribution in [0, 0.1) is 5.92 Å². The minimum atomic E-state index is -0.289. The van der Waals surface area contributed by atoms with Gasteiger partial charge in [0.2, 0.25) is 0 Å². The van der Waals surface area contributed by atoms with Gasteiger partial charge in [0.25, 0.3) is 0 Å². The van der Waals surface area contributed by atoms with Crippen LogP contribution in [-0.2, 0) is 13.1 Å². The summed E-state index contributed by atoms with van der Waals surface area (Å²) in [7, 11) is 0. The maximum absolute atomic E-state index is 9.67. The Labute approximate surface area is 102 Å². The van der Waals surface area contributed by atoms with E-state index in [-0.39, 0.29) is 12.7 Å². The van der Waals surface area contributed by atoms with Crippen LogP contribution < -0.4 is 5.32 Å². The second-order valence-electron chi connectivity index (χ2n) is 4.75. The molecule has 0 aromatic carbocycles. The third-order valence-corrected chi connectivity index (χ3v) is 2.47. The summed E-state index contributed by atoms with van der Waals surface area (Å²) in [5, 5.41) is 25.7. The van der Waals surface area contributed by atoms with E-state index < -0.39 is 0 Å². The molecule has 1 atom stereocenters. The lowest BCUT2D eigenvalue weighted by Crippen LogP contribution is -2.27. The van der Waals surface area contributed by atoms with Crippen molar-refractivity contribution in [3.8, 4) is 0 Å². The predicted octanol–water partition coefficient (Wildman–Crippen LogP) is 0.372. The fraction of sp³-hybridized carbons (Fsp3) is 0.750. The average molecular weight is 241 g/mol. The number of aromatic nitrogens is 2. The Morgan fingerprint density at radius 2 is 2.24 bits per heavy atom. The van der Waals surface area contributed by atoms with Crippen LogP contribution in [0.25, 0.3) is 0 Å². The van der Waals surface area contributed by atoms with Gasteiger partial charge in [-0.2, -0.15) is 5.10 Å². The van der Waals surface area contributed by atoms with Crippen molar-refractivity contribution in [2.75, 3.05) is 13.2 Å². The molecule has 0 spiro atoms. The van der Waals surface area contributed by atoms with Gasteiger partial charge >= 0.3 is 0 Å². The van der Waals surface area contributed by atoms with E-state index >= 15 is 0 Å². The Bertz CT molecular complexity index is 312. The predicted molar refractivity (Wildman–Crippen MR) is 66.5 cm³/mol. The molecule has 1 unspecified atom stereocenters. The second kappa shape index (κ2) is 7.42. The lowest BCUT2D eigenvalue weighted by Gasteiger charge is -2.13. The van der Waals surface area contributed by atoms with E-state index in [2.05, 4.69) is 24.3 Å². The first-order chi connectivity index (χ1) is 8.11. The van der Waals surface area contributed by atoms with Gasteiger partial charge in [-0.3, -0.25) is 4.68 Å². The van der Waals surface area contributed by atoms with Crippen molar-refractivity contribution in [3.05, 3.63) is 18.0 Å². The maximum Gasteiger partial charge on any atom is 0.0667 e. The Kier molecular flexibility index (Phi) is 6.18. The molecule has 1 aromatic rings. The van der Waals surface area contributed by atoms with Crippen molar-refractivity contribution < 1.29 is 10.2 Å². The molecule has 98 valence electrons. The molecule has 0 amide bonds. The molecule has 0 radical (unpaired) electrons. The van der Waals surface area contributed by atoms with Crippen molar-refractivity contribution in [1.29, 1.82) is 0 Å². The normalized spacial score (nSPS) is 13.2. The Balaban J connectivity index is 2.21. The summed E-state index contributed by atoms with van der Waals surface area (Å²) >= 11 is 0. The fourth-order valence-corrected chi connectivity index (χ4v) is 1.73. The third-order valence-electron chi connectivity index (χ3n) is 2.47. The molecule has 0 saturated heterocycles. The van der Waals surface area contributed by atoms with E-state index in [0.29, 0.717) is 25.6 Å². The maximum atomic E-state index is 9.67. The van der Waals surface area contributed by atoms with Crippen LogP contribution in [0.2, 0.25) is 0 Å². The molecule has 0 saturated carbocycles. The van der Waals surface area contributed by atoms with Gasteiger partial charge in [-0.25, -0.2) is 0 Å². The van der Waals surface area contributed by atoms with Crippen molar-refractivity contribution in [2.24, 2.45) is 5.92 Å². The molecule has 1 heterocycles. The summed E-state index contributed by atoms with van der Waals surface area (Å²) < 4.78 is 1.71. The number of hydrogen-bond acceptors (Lipinski definition) is 4.